The number of methoxy groups -OCH3 is 1. The van der Waals surface area contributed by atoms with Crippen LogP contribution in [-0.4, -0.2) is 50.0 Å². The standard InChI is InChI=1S/C26H24BrN3O5/c1-35-21-15-18(14-19(27)24(21)32)23-22(20(31)9-8-17-6-3-2-4-7-17)25(33)26(34)30(23)12-5-11-29-13-10-28-16-29/h2-4,6-10,13-16,23,32-33H,5,11-12H2,1H3/b9-8+. The van der Waals surface area contributed by atoms with E-state index in [0.29, 0.717) is 23.0 Å². The number of nitrogens with zero attached hydrogens (tertiary/aromatic N) is 3. The molecule has 1 unspecified atom stereocenters. The van der Waals surface area contributed by atoms with Gasteiger partial charge in [0.1, 0.15) is 0 Å². The topological polar surface area (TPSA) is 105 Å². The number of carbonyl (C=O) groups excluding carboxylic acids is 2. The Hall–Kier alpha value is -3.85. The van der Waals surface area contributed by atoms with Gasteiger partial charge in [-0.15, -0.1) is 0 Å². The second-order valence-electron chi connectivity index (χ2n) is 7.98. The number of aliphatic hydroxyl groups is 1. The van der Waals surface area contributed by atoms with Gasteiger partial charge in [-0.2, -0.15) is 0 Å². The predicted molar refractivity (Wildman–Crippen MR) is 134 cm³/mol. The molecule has 1 atom stereocenters. The number of rotatable bonds is 9. The lowest BCUT2D eigenvalue weighted by Crippen LogP contribution is -2.32. The summed E-state index contributed by atoms with van der Waals surface area (Å²) in [5, 5.41) is 21.1. The molecule has 2 N–H and O–H groups in total. The second-order valence-corrected chi connectivity index (χ2v) is 8.83. The molecule has 1 amide bonds. The minimum Gasteiger partial charge on any atom is -0.503 e. The maximum atomic E-state index is 13.3. The zero-order valence-electron chi connectivity index (χ0n) is 19.0. The Balaban J connectivity index is 1.69. The summed E-state index contributed by atoms with van der Waals surface area (Å²) in [6.45, 7) is 0.892. The molecule has 9 heteroatoms. The van der Waals surface area contributed by atoms with Crippen molar-refractivity contribution in [1.29, 1.82) is 0 Å². The number of halogens is 1. The molecule has 180 valence electrons. The molecule has 0 saturated heterocycles. The molecule has 0 fully saturated rings. The number of phenolic OH excluding ortho intramolecular Hbond substituents is 1. The van der Waals surface area contributed by atoms with Crippen molar-refractivity contribution in [3.8, 4) is 11.5 Å². The molecule has 8 nitrogen and oxygen atoms in total. The number of carbonyl (C=O) groups is 2. The maximum absolute atomic E-state index is 13.3. The van der Waals surface area contributed by atoms with Gasteiger partial charge < -0.3 is 24.4 Å². The van der Waals surface area contributed by atoms with Crippen LogP contribution in [0.15, 0.2) is 83.1 Å². The van der Waals surface area contributed by atoms with Crippen molar-refractivity contribution >= 4 is 33.7 Å². The molecular weight excluding hydrogens is 514 g/mol. The lowest BCUT2D eigenvalue weighted by atomic mass is 9.95. The van der Waals surface area contributed by atoms with Crippen molar-refractivity contribution in [2.24, 2.45) is 0 Å². The molecule has 4 rings (SSSR count). The van der Waals surface area contributed by atoms with Gasteiger partial charge in [0.25, 0.3) is 5.91 Å². The summed E-state index contributed by atoms with van der Waals surface area (Å²) in [7, 11) is 1.41. The number of phenols is 1. The van der Waals surface area contributed by atoms with Crippen LogP contribution in [0.3, 0.4) is 0 Å². The number of aromatic hydroxyl groups is 1. The summed E-state index contributed by atoms with van der Waals surface area (Å²) < 4.78 is 7.50. The number of imidazole rings is 1. The third kappa shape index (κ3) is 5.14. The number of allylic oxidation sites excluding steroid dienone is 1. The quantitative estimate of drug-likeness (QED) is 0.391. The first-order valence-electron chi connectivity index (χ1n) is 10.9. The molecule has 1 aliphatic rings. The van der Waals surface area contributed by atoms with Crippen LogP contribution in [0.1, 0.15) is 23.6 Å². The highest BCUT2D eigenvalue weighted by Gasteiger charge is 2.43. The fraction of sp³-hybridized carbons (Fsp3) is 0.192. The van der Waals surface area contributed by atoms with E-state index in [2.05, 4.69) is 20.9 Å². The zero-order valence-corrected chi connectivity index (χ0v) is 20.6. The van der Waals surface area contributed by atoms with Crippen LogP contribution < -0.4 is 4.74 Å². The van der Waals surface area contributed by atoms with Gasteiger partial charge in [0, 0.05) is 25.5 Å². The number of ketones is 1. The van der Waals surface area contributed by atoms with Gasteiger partial charge >= 0.3 is 0 Å². The van der Waals surface area contributed by atoms with Crippen molar-refractivity contribution in [2.75, 3.05) is 13.7 Å². The summed E-state index contributed by atoms with van der Waals surface area (Å²) in [5.74, 6) is -1.61. The molecule has 2 heterocycles. The lowest BCUT2D eigenvalue weighted by molar-refractivity contribution is -0.129. The normalized spacial score (nSPS) is 15.9. The van der Waals surface area contributed by atoms with E-state index in [0.717, 1.165) is 5.56 Å². The van der Waals surface area contributed by atoms with Crippen molar-refractivity contribution < 1.29 is 24.5 Å². The highest BCUT2D eigenvalue weighted by atomic mass is 79.9. The molecule has 0 spiro atoms. The van der Waals surface area contributed by atoms with Gasteiger partial charge in [-0.3, -0.25) is 9.59 Å². The number of aryl methyl sites for hydroxylation is 1. The van der Waals surface area contributed by atoms with Gasteiger partial charge in [0.15, 0.2) is 23.0 Å². The van der Waals surface area contributed by atoms with E-state index >= 15 is 0 Å². The highest BCUT2D eigenvalue weighted by molar-refractivity contribution is 9.10. The van der Waals surface area contributed by atoms with E-state index in [-0.39, 0.29) is 23.6 Å². The Bertz CT molecular complexity index is 1290. The number of amides is 1. The molecule has 0 saturated carbocycles. The summed E-state index contributed by atoms with van der Waals surface area (Å²) in [5.41, 5.74) is 1.31. The van der Waals surface area contributed by atoms with Crippen LogP contribution in [0.4, 0.5) is 0 Å². The number of hydrogen-bond acceptors (Lipinski definition) is 6. The monoisotopic (exact) mass is 537 g/mol. The average molecular weight is 538 g/mol. The van der Waals surface area contributed by atoms with Crippen molar-refractivity contribution in [3.63, 3.8) is 0 Å². The van der Waals surface area contributed by atoms with Crippen molar-refractivity contribution in [3.05, 3.63) is 94.2 Å². The zero-order chi connectivity index (χ0) is 24.9. The van der Waals surface area contributed by atoms with E-state index in [1.54, 1.807) is 30.7 Å². The largest absolute Gasteiger partial charge is 0.503 e. The minimum absolute atomic E-state index is 0.0237. The molecule has 35 heavy (non-hydrogen) atoms. The number of benzene rings is 2. The van der Waals surface area contributed by atoms with E-state index in [1.807, 2.05) is 41.1 Å². The van der Waals surface area contributed by atoms with Crippen LogP contribution in [-0.2, 0) is 16.1 Å². The molecule has 0 radical (unpaired) electrons. The van der Waals surface area contributed by atoms with Gasteiger partial charge in [-0.1, -0.05) is 36.4 Å². The number of hydrogen-bond donors (Lipinski definition) is 2. The Morgan fingerprint density at radius 2 is 1.97 bits per heavy atom. The van der Waals surface area contributed by atoms with Crippen LogP contribution in [0.25, 0.3) is 6.08 Å². The smallest absolute Gasteiger partial charge is 0.290 e. The molecule has 1 aromatic heterocycles. The number of aliphatic hydroxyl groups excluding tert-OH is 1. The second kappa shape index (κ2) is 10.6. The van der Waals surface area contributed by atoms with E-state index in [1.165, 1.54) is 18.1 Å². The molecule has 0 bridgehead atoms. The fourth-order valence-corrected chi connectivity index (χ4v) is 4.52. The van der Waals surface area contributed by atoms with Crippen LogP contribution in [0.2, 0.25) is 0 Å². The van der Waals surface area contributed by atoms with Crippen molar-refractivity contribution in [2.45, 2.75) is 19.0 Å². The maximum Gasteiger partial charge on any atom is 0.290 e. The third-order valence-corrected chi connectivity index (χ3v) is 6.36. The van der Waals surface area contributed by atoms with Crippen molar-refractivity contribution in [1.82, 2.24) is 14.5 Å². The molecule has 1 aliphatic heterocycles. The Morgan fingerprint density at radius 1 is 1.20 bits per heavy atom. The van der Waals surface area contributed by atoms with Gasteiger partial charge in [-0.05, 0) is 51.7 Å². The molecule has 3 aromatic rings. The first-order chi connectivity index (χ1) is 16.9. The summed E-state index contributed by atoms with van der Waals surface area (Å²) >= 11 is 3.31. The van der Waals surface area contributed by atoms with Gasteiger partial charge in [-0.25, -0.2) is 4.98 Å². The summed E-state index contributed by atoms with van der Waals surface area (Å²) in [6, 6.07) is 11.6. The SMILES string of the molecule is COc1cc(C2C(C(=O)/C=C/c3ccccc3)=C(O)C(=O)N2CCCn2ccnc2)cc(Br)c1O. The first-order valence-corrected chi connectivity index (χ1v) is 11.7. The average Bonchev–Trinajstić information content (AvgIpc) is 3.47. The molecule has 0 aliphatic carbocycles. The van der Waals surface area contributed by atoms with Crippen LogP contribution >= 0.6 is 15.9 Å². The Morgan fingerprint density at radius 3 is 2.66 bits per heavy atom. The lowest BCUT2D eigenvalue weighted by Gasteiger charge is -2.27. The molecule has 2 aromatic carbocycles. The van der Waals surface area contributed by atoms with Gasteiger partial charge in [0.05, 0.1) is 29.5 Å². The van der Waals surface area contributed by atoms with E-state index in [4.69, 9.17) is 4.74 Å². The van der Waals surface area contributed by atoms with E-state index in [9.17, 15) is 19.8 Å². The third-order valence-electron chi connectivity index (χ3n) is 5.76. The van der Waals surface area contributed by atoms with Crippen LogP contribution in [0.5, 0.6) is 11.5 Å². The van der Waals surface area contributed by atoms with Crippen LogP contribution in [0, 0.1) is 0 Å². The summed E-state index contributed by atoms with van der Waals surface area (Å²) in [4.78, 5) is 31.9. The Kier molecular flexibility index (Phi) is 7.36. The number of aromatic nitrogens is 2. The highest BCUT2D eigenvalue weighted by Crippen LogP contribution is 2.43. The number of ether oxygens (including phenoxy) is 1. The first kappa shape index (κ1) is 24.3. The van der Waals surface area contributed by atoms with E-state index < -0.39 is 23.5 Å². The molecular formula is C26H24BrN3O5. The fourth-order valence-electron chi connectivity index (χ4n) is 4.06. The summed E-state index contributed by atoms with van der Waals surface area (Å²) in [6.07, 6.45) is 8.74. The predicted octanol–water partition coefficient (Wildman–Crippen LogP) is 4.43. The Labute approximate surface area is 210 Å². The van der Waals surface area contributed by atoms with Gasteiger partial charge in [0.2, 0.25) is 0 Å². The minimum atomic E-state index is -0.857.